The number of aromatic hydroxyl groups is 1. The van der Waals surface area contributed by atoms with Crippen LogP contribution in [-0.2, 0) is 0 Å². The molecule has 0 aliphatic heterocycles. The number of rotatable bonds is 5. The lowest BCUT2D eigenvalue weighted by molar-refractivity contribution is 0.474. The molecule has 3 nitrogen and oxygen atoms in total. The molecular weight excluding hydrogens is 320 g/mol. The number of phenols is 1. The molecule has 1 N–H and O–H groups in total. The molecule has 0 amide bonds. The molecule has 0 aliphatic carbocycles. The van der Waals surface area contributed by atoms with Gasteiger partial charge >= 0.3 is 0 Å². The molecule has 0 bridgehead atoms. The molecule has 128 valence electrons. The van der Waals surface area contributed by atoms with Crippen LogP contribution in [0, 0.1) is 0 Å². The number of hydrogen-bond donors (Lipinski definition) is 1. The Hall–Kier alpha value is -3.46. The van der Waals surface area contributed by atoms with E-state index in [0.29, 0.717) is 5.56 Å². The summed E-state index contributed by atoms with van der Waals surface area (Å²) < 4.78 is 0. The van der Waals surface area contributed by atoms with Crippen molar-refractivity contribution in [2.24, 2.45) is 10.2 Å². The van der Waals surface area contributed by atoms with E-state index in [0.717, 1.165) is 22.4 Å². The minimum absolute atomic E-state index is 0.184. The lowest BCUT2D eigenvalue weighted by atomic mass is 10.0. The molecule has 0 aliphatic rings. The van der Waals surface area contributed by atoms with Crippen LogP contribution in [0.25, 0.3) is 5.57 Å². The van der Waals surface area contributed by atoms with Gasteiger partial charge in [-0.15, -0.1) is 0 Å². The van der Waals surface area contributed by atoms with Crippen LogP contribution in [-0.4, -0.2) is 17.0 Å². The second-order valence-corrected chi connectivity index (χ2v) is 5.85. The second-order valence-electron chi connectivity index (χ2n) is 5.85. The molecule has 0 fully saturated rings. The molecule has 0 spiro atoms. The summed E-state index contributed by atoms with van der Waals surface area (Å²) in [5, 5.41) is 18.4. The molecule has 3 aromatic carbocycles. The fourth-order valence-electron chi connectivity index (χ4n) is 2.52. The van der Waals surface area contributed by atoms with Crippen molar-refractivity contribution in [1.29, 1.82) is 0 Å². The van der Waals surface area contributed by atoms with Crippen LogP contribution in [0.1, 0.15) is 23.6 Å². The maximum Gasteiger partial charge on any atom is 0.124 e. The van der Waals surface area contributed by atoms with E-state index in [4.69, 9.17) is 0 Å². The number of phenolic OH excluding ortho intramolecular Hbond substituents is 1. The molecule has 0 aromatic heterocycles. The Kier molecular flexibility index (Phi) is 5.73. The highest BCUT2D eigenvalue weighted by Crippen LogP contribution is 2.16. The standard InChI is InChI=1S/C23H20N2O/c1-18(19-10-4-2-5-11-19)16-22(20-12-6-3-7-13-20)25-24-17-21-14-8-9-15-23(21)26/h2-17,26H,1H3. The van der Waals surface area contributed by atoms with Crippen LogP contribution in [0.5, 0.6) is 5.75 Å². The maximum absolute atomic E-state index is 9.84. The van der Waals surface area contributed by atoms with Gasteiger partial charge < -0.3 is 5.11 Å². The Morgan fingerprint density at radius 3 is 2.00 bits per heavy atom. The van der Waals surface area contributed by atoms with Gasteiger partial charge in [0.15, 0.2) is 0 Å². The van der Waals surface area contributed by atoms with Gasteiger partial charge in [0.2, 0.25) is 0 Å². The quantitative estimate of drug-likeness (QED) is 0.496. The third kappa shape index (κ3) is 4.54. The molecule has 26 heavy (non-hydrogen) atoms. The van der Waals surface area contributed by atoms with E-state index in [9.17, 15) is 5.11 Å². The maximum atomic E-state index is 9.84. The van der Waals surface area contributed by atoms with Gasteiger partial charge in [-0.3, -0.25) is 0 Å². The number of benzene rings is 3. The normalized spacial score (nSPS) is 12.5. The molecule has 0 atom stereocenters. The largest absolute Gasteiger partial charge is 0.507 e. The third-order valence-corrected chi connectivity index (χ3v) is 3.95. The van der Waals surface area contributed by atoms with Crippen LogP contribution in [0.15, 0.2) is 101 Å². The van der Waals surface area contributed by atoms with Crippen LogP contribution >= 0.6 is 0 Å². The monoisotopic (exact) mass is 340 g/mol. The van der Waals surface area contributed by atoms with Crippen LogP contribution in [0.2, 0.25) is 0 Å². The van der Waals surface area contributed by atoms with Gasteiger partial charge in [0, 0.05) is 11.1 Å². The predicted octanol–water partition coefficient (Wildman–Crippen LogP) is 5.32. The zero-order chi connectivity index (χ0) is 18.2. The van der Waals surface area contributed by atoms with E-state index in [1.165, 1.54) is 0 Å². The first-order valence-electron chi connectivity index (χ1n) is 8.42. The number of allylic oxidation sites excluding steroid dienone is 2. The van der Waals surface area contributed by atoms with Crippen molar-refractivity contribution in [1.82, 2.24) is 0 Å². The van der Waals surface area contributed by atoms with Gasteiger partial charge in [0.25, 0.3) is 0 Å². The highest BCUT2D eigenvalue weighted by atomic mass is 16.3. The van der Waals surface area contributed by atoms with Crippen molar-refractivity contribution in [3.63, 3.8) is 0 Å². The van der Waals surface area contributed by atoms with Crippen molar-refractivity contribution in [2.75, 3.05) is 0 Å². The fraction of sp³-hybridized carbons (Fsp3) is 0.0435. The average molecular weight is 340 g/mol. The minimum atomic E-state index is 0.184. The van der Waals surface area contributed by atoms with Gasteiger partial charge in [-0.25, -0.2) is 0 Å². The molecule has 3 rings (SSSR count). The van der Waals surface area contributed by atoms with Crippen molar-refractivity contribution in [2.45, 2.75) is 6.92 Å². The summed E-state index contributed by atoms with van der Waals surface area (Å²) >= 11 is 0. The zero-order valence-corrected chi connectivity index (χ0v) is 14.6. The highest BCUT2D eigenvalue weighted by molar-refractivity contribution is 6.12. The summed E-state index contributed by atoms with van der Waals surface area (Å²) in [6.45, 7) is 2.06. The first-order chi connectivity index (χ1) is 12.7. The minimum Gasteiger partial charge on any atom is -0.507 e. The lowest BCUT2D eigenvalue weighted by Gasteiger charge is -2.04. The van der Waals surface area contributed by atoms with Gasteiger partial charge in [0.05, 0.1) is 11.9 Å². The first-order valence-corrected chi connectivity index (χ1v) is 8.42. The Balaban J connectivity index is 1.95. The van der Waals surface area contributed by atoms with Crippen molar-refractivity contribution in [3.8, 4) is 5.75 Å². The fourth-order valence-corrected chi connectivity index (χ4v) is 2.52. The molecule has 3 heteroatoms. The van der Waals surface area contributed by atoms with E-state index < -0.39 is 0 Å². The van der Waals surface area contributed by atoms with Crippen LogP contribution in [0.3, 0.4) is 0 Å². The van der Waals surface area contributed by atoms with Crippen LogP contribution in [0.4, 0.5) is 0 Å². The van der Waals surface area contributed by atoms with Gasteiger partial charge in [-0.05, 0) is 36.3 Å². The van der Waals surface area contributed by atoms with Gasteiger partial charge in [-0.2, -0.15) is 10.2 Å². The van der Waals surface area contributed by atoms with Gasteiger partial charge in [0.1, 0.15) is 5.75 Å². The molecule has 0 radical (unpaired) electrons. The summed E-state index contributed by atoms with van der Waals surface area (Å²) in [5.74, 6) is 0.184. The molecule has 3 aromatic rings. The Bertz CT molecular complexity index is 942. The molecule has 0 heterocycles. The zero-order valence-electron chi connectivity index (χ0n) is 14.6. The van der Waals surface area contributed by atoms with Crippen LogP contribution < -0.4 is 0 Å². The summed E-state index contributed by atoms with van der Waals surface area (Å²) in [5.41, 5.74) is 4.62. The van der Waals surface area contributed by atoms with E-state index in [1.54, 1.807) is 24.4 Å². The van der Waals surface area contributed by atoms with Crippen molar-refractivity contribution in [3.05, 3.63) is 108 Å². The van der Waals surface area contributed by atoms with E-state index >= 15 is 0 Å². The predicted molar refractivity (Wildman–Crippen MR) is 109 cm³/mol. The molecule has 0 saturated heterocycles. The third-order valence-electron chi connectivity index (χ3n) is 3.95. The summed E-state index contributed by atoms with van der Waals surface area (Å²) in [6, 6.07) is 27.1. The number of para-hydroxylation sites is 1. The smallest absolute Gasteiger partial charge is 0.124 e. The SMILES string of the molecule is CC(=CC(=NN=Cc1ccccc1O)c1ccccc1)c1ccccc1. The average Bonchev–Trinajstić information content (AvgIpc) is 2.70. The second kappa shape index (κ2) is 8.58. The van der Waals surface area contributed by atoms with Crippen molar-refractivity contribution >= 4 is 17.5 Å². The first kappa shape index (κ1) is 17.4. The van der Waals surface area contributed by atoms with Gasteiger partial charge in [-0.1, -0.05) is 72.8 Å². The molecular formula is C23H20N2O. The molecule has 0 saturated carbocycles. The summed E-state index contributed by atoms with van der Waals surface area (Å²) in [7, 11) is 0. The summed E-state index contributed by atoms with van der Waals surface area (Å²) in [4.78, 5) is 0. The number of nitrogens with zero attached hydrogens (tertiary/aromatic N) is 2. The Morgan fingerprint density at radius 2 is 1.35 bits per heavy atom. The van der Waals surface area contributed by atoms with E-state index in [-0.39, 0.29) is 5.75 Å². The lowest BCUT2D eigenvalue weighted by Crippen LogP contribution is -1.97. The van der Waals surface area contributed by atoms with E-state index in [1.807, 2.05) is 60.7 Å². The van der Waals surface area contributed by atoms with E-state index in [2.05, 4.69) is 29.3 Å². The molecule has 0 unspecified atom stereocenters. The van der Waals surface area contributed by atoms with Crippen molar-refractivity contribution < 1.29 is 5.11 Å². The topological polar surface area (TPSA) is 45.0 Å². The summed E-state index contributed by atoms with van der Waals surface area (Å²) in [6.07, 6.45) is 3.58. The number of hydrogen-bond acceptors (Lipinski definition) is 3. The Labute approximate surface area is 153 Å². The highest BCUT2D eigenvalue weighted by Gasteiger charge is 2.03. The Morgan fingerprint density at radius 1 is 0.769 bits per heavy atom.